The summed E-state index contributed by atoms with van der Waals surface area (Å²) >= 11 is 5.75. The smallest absolute Gasteiger partial charge is 0.251 e. The lowest BCUT2D eigenvalue weighted by Crippen LogP contribution is -2.40. The molecule has 5 heteroatoms. The molecule has 2 rings (SSSR count). The van der Waals surface area contributed by atoms with E-state index in [1.54, 1.807) is 19.2 Å². The highest BCUT2D eigenvalue weighted by Crippen LogP contribution is 2.21. The highest BCUT2D eigenvalue weighted by Gasteiger charge is 2.28. The Balaban J connectivity index is 2.01. The van der Waals surface area contributed by atoms with Gasteiger partial charge in [0, 0.05) is 18.9 Å². The summed E-state index contributed by atoms with van der Waals surface area (Å²) in [4.78, 5) is 15.8. The van der Waals surface area contributed by atoms with Crippen molar-refractivity contribution in [2.24, 2.45) is 0 Å². The topological polar surface area (TPSA) is 51.2 Å². The summed E-state index contributed by atoms with van der Waals surface area (Å²) in [6.07, 6.45) is 4.69. The number of rotatable bonds is 3. The number of amides is 1. The molecule has 0 saturated heterocycles. The van der Waals surface area contributed by atoms with Crippen LogP contribution < -0.4 is 5.32 Å². The highest BCUT2D eigenvalue weighted by atomic mass is 35.5. The largest absolute Gasteiger partial charge is 0.379 e. The molecular formula is C12H15ClN2O2. The van der Waals surface area contributed by atoms with Gasteiger partial charge in [-0.1, -0.05) is 11.6 Å². The molecule has 0 spiro atoms. The molecule has 0 aromatic carbocycles. The molecule has 2 atom stereocenters. The second kappa shape index (κ2) is 5.47. The first-order valence-corrected chi connectivity index (χ1v) is 6.03. The summed E-state index contributed by atoms with van der Waals surface area (Å²) in [5.41, 5.74) is 0.534. The van der Waals surface area contributed by atoms with Crippen molar-refractivity contribution in [2.75, 3.05) is 7.11 Å². The Hall–Kier alpha value is -1.13. The summed E-state index contributed by atoms with van der Waals surface area (Å²) < 4.78 is 5.33. The first-order chi connectivity index (χ1) is 8.20. The average Bonchev–Trinajstić information content (AvgIpc) is 2.76. The number of ether oxygens (including phenoxy) is 1. The highest BCUT2D eigenvalue weighted by molar-refractivity contribution is 6.29. The standard InChI is InChI=1S/C12H15ClN2O2/c1-17-10-4-2-3-9(10)15-12(16)8-5-6-14-11(13)7-8/h5-7,9-10H,2-4H2,1H3,(H,15,16). The molecule has 1 aromatic heterocycles. The number of methoxy groups -OCH3 is 1. The molecule has 1 heterocycles. The van der Waals surface area contributed by atoms with Crippen molar-refractivity contribution < 1.29 is 9.53 Å². The fraction of sp³-hybridized carbons (Fsp3) is 0.500. The maximum Gasteiger partial charge on any atom is 0.251 e. The number of carbonyl (C=O) groups excluding carboxylic acids is 1. The van der Waals surface area contributed by atoms with Crippen LogP contribution in [0, 0.1) is 0 Å². The Morgan fingerprint density at radius 2 is 2.41 bits per heavy atom. The van der Waals surface area contributed by atoms with Crippen LogP contribution in [0.25, 0.3) is 0 Å². The van der Waals surface area contributed by atoms with Crippen LogP contribution in [0.4, 0.5) is 0 Å². The van der Waals surface area contributed by atoms with Crippen molar-refractivity contribution in [2.45, 2.75) is 31.4 Å². The molecule has 0 radical (unpaired) electrons. The molecule has 92 valence electrons. The van der Waals surface area contributed by atoms with E-state index in [9.17, 15) is 4.79 Å². The van der Waals surface area contributed by atoms with Crippen molar-refractivity contribution in [3.05, 3.63) is 29.0 Å². The summed E-state index contributed by atoms with van der Waals surface area (Å²) in [5.74, 6) is -0.122. The van der Waals surface area contributed by atoms with E-state index in [1.165, 1.54) is 6.20 Å². The van der Waals surface area contributed by atoms with Crippen LogP contribution >= 0.6 is 11.6 Å². The quantitative estimate of drug-likeness (QED) is 0.840. The van der Waals surface area contributed by atoms with Gasteiger partial charge in [0.2, 0.25) is 0 Å². The molecule has 1 fully saturated rings. The first-order valence-electron chi connectivity index (χ1n) is 5.66. The summed E-state index contributed by atoms with van der Waals surface area (Å²) in [7, 11) is 1.68. The molecule has 1 aromatic rings. The Labute approximate surface area is 105 Å². The van der Waals surface area contributed by atoms with Gasteiger partial charge in [-0.15, -0.1) is 0 Å². The van der Waals surface area contributed by atoms with Gasteiger partial charge in [-0.25, -0.2) is 4.98 Å². The van der Waals surface area contributed by atoms with E-state index >= 15 is 0 Å². The Morgan fingerprint density at radius 3 is 3.12 bits per heavy atom. The predicted molar refractivity (Wildman–Crippen MR) is 65.1 cm³/mol. The SMILES string of the molecule is COC1CCCC1NC(=O)c1ccnc(Cl)c1. The summed E-state index contributed by atoms with van der Waals surface area (Å²) in [6, 6.07) is 3.31. The molecule has 4 nitrogen and oxygen atoms in total. The normalized spacial score (nSPS) is 23.6. The zero-order valence-corrected chi connectivity index (χ0v) is 10.4. The average molecular weight is 255 g/mol. The predicted octanol–water partition coefficient (Wildman–Crippen LogP) is 2.03. The summed E-state index contributed by atoms with van der Waals surface area (Å²) in [6.45, 7) is 0. The number of halogens is 1. The molecule has 1 saturated carbocycles. The van der Waals surface area contributed by atoms with Crippen LogP contribution in [0.3, 0.4) is 0 Å². The second-order valence-corrected chi connectivity index (χ2v) is 4.54. The van der Waals surface area contributed by atoms with Gasteiger partial charge in [0.15, 0.2) is 0 Å². The maximum absolute atomic E-state index is 12.0. The van der Waals surface area contributed by atoms with Crippen molar-refractivity contribution >= 4 is 17.5 Å². The van der Waals surface area contributed by atoms with E-state index < -0.39 is 0 Å². The van der Waals surface area contributed by atoms with Crippen LogP contribution in [-0.4, -0.2) is 30.1 Å². The minimum Gasteiger partial charge on any atom is -0.379 e. The Morgan fingerprint density at radius 1 is 1.59 bits per heavy atom. The fourth-order valence-electron chi connectivity index (χ4n) is 2.17. The number of nitrogens with one attached hydrogen (secondary N) is 1. The van der Waals surface area contributed by atoms with Gasteiger partial charge in [0.25, 0.3) is 5.91 Å². The molecule has 17 heavy (non-hydrogen) atoms. The van der Waals surface area contributed by atoms with Crippen molar-refractivity contribution in [3.8, 4) is 0 Å². The van der Waals surface area contributed by atoms with Gasteiger partial charge < -0.3 is 10.1 Å². The van der Waals surface area contributed by atoms with Crippen molar-refractivity contribution in [1.82, 2.24) is 10.3 Å². The van der Waals surface area contributed by atoms with E-state index in [1.807, 2.05) is 0 Å². The molecule has 1 N–H and O–H groups in total. The molecular weight excluding hydrogens is 240 g/mol. The van der Waals surface area contributed by atoms with Gasteiger partial charge in [-0.3, -0.25) is 4.79 Å². The first kappa shape index (κ1) is 12.3. The minimum absolute atomic E-state index is 0.0967. The van der Waals surface area contributed by atoms with Gasteiger partial charge in [0.1, 0.15) is 5.15 Å². The number of aromatic nitrogens is 1. The molecule has 0 aliphatic heterocycles. The third-order valence-electron chi connectivity index (χ3n) is 3.06. The van der Waals surface area contributed by atoms with Gasteiger partial charge in [-0.05, 0) is 31.4 Å². The molecule has 1 aliphatic carbocycles. The second-order valence-electron chi connectivity index (χ2n) is 4.15. The Kier molecular flexibility index (Phi) is 3.97. The number of carbonyl (C=O) groups is 1. The van der Waals surface area contributed by atoms with E-state index in [4.69, 9.17) is 16.3 Å². The lowest BCUT2D eigenvalue weighted by molar-refractivity contribution is 0.0722. The number of nitrogens with zero attached hydrogens (tertiary/aromatic N) is 1. The van der Waals surface area contributed by atoms with Gasteiger partial charge in [0.05, 0.1) is 12.1 Å². The third-order valence-corrected chi connectivity index (χ3v) is 3.27. The number of hydrogen-bond donors (Lipinski definition) is 1. The Bertz CT molecular complexity index is 411. The van der Waals surface area contributed by atoms with Gasteiger partial charge in [-0.2, -0.15) is 0 Å². The van der Waals surface area contributed by atoms with E-state index in [2.05, 4.69) is 10.3 Å². The van der Waals surface area contributed by atoms with Gasteiger partial charge >= 0.3 is 0 Å². The molecule has 0 bridgehead atoms. The van der Waals surface area contributed by atoms with Crippen molar-refractivity contribution in [1.29, 1.82) is 0 Å². The minimum atomic E-state index is -0.122. The van der Waals surface area contributed by atoms with Crippen molar-refractivity contribution in [3.63, 3.8) is 0 Å². The third kappa shape index (κ3) is 2.96. The molecule has 1 aliphatic rings. The monoisotopic (exact) mass is 254 g/mol. The zero-order valence-electron chi connectivity index (χ0n) is 9.65. The van der Waals surface area contributed by atoms with Crippen LogP contribution in [-0.2, 0) is 4.74 Å². The van der Waals surface area contributed by atoms with Crippen LogP contribution in [0.5, 0.6) is 0 Å². The van der Waals surface area contributed by atoms with E-state index in [0.717, 1.165) is 19.3 Å². The van der Waals surface area contributed by atoms with Crippen LogP contribution in [0.15, 0.2) is 18.3 Å². The lowest BCUT2D eigenvalue weighted by atomic mass is 10.2. The van der Waals surface area contributed by atoms with Crippen LogP contribution in [0.1, 0.15) is 29.6 Å². The summed E-state index contributed by atoms with van der Waals surface area (Å²) in [5, 5.41) is 3.30. The van der Waals surface area contributed by atoms with E-state index in [0.29, 0.717) is 10.7 Å². The number of hydrogen-bond acceptors (Lipinski definition) is 3. The maximum atomic E-state index is 12.0. The zero-order chi connectivity index (χ0) is 12.3. The van der Waals surface area contributed by atoms with E-state index in [-0.39, 0.29) is 18.1 Å². The lowest BCUT2D eigenvalue weighted by Gasteiger charge is -2.19. The molecule has 2 unspecified atom stereocenters. The molecule has 1 amide bonds. The fourth-order valence-corrected chi connectivity index (χ4v) is 2.34. The van der Waals surface area contributed by atoms with Crippen LogP contribution in [0.2, 0.25) is 5.15 Å². The number of pyridine rings is 1.